The van der Waals surface area contributed by atoms with Gasteiger partial charge in [-0.3, -0.25) is 4.99 Å². The summed E-state index contributed by atoms with van der Waals surface area (Å²) in [6, 6.07) is 13.3. The second-order valence-corrected chi connectivity index (χ2v) is 6.00. The molecule has 0 aliphatic rings. The fraction of sp³-hybridized carbons (Fsp3) is 0.0526. The number of phenols is 1. The van der Waals surface area contributed by atoms with Crippen LogP contribution in [0, 0.1) is 5.82 Å². The monoisotopic (exact) mass is 353 g/mol. The lowest BCUT2D eigenvalue weighted by atomic mass is 10.1. The molecule has 25 heavy (non-hydrogen) atoms. The minimum Gasteiger partial charge on any atom is -0.508 e. The first-order valence-corrected chi connectivity index (χ1v) is 8.47. The maximum Gasteiger partial charge on any atom is 0.206 e. The smallest absolute Gasteiger partial charge is 0.206 e. The standard InChI is InChI=1S/C19H16FN3OS/c1-2-10-21-19-23(22-12-14-6-5-7-15(24)11-14)18(13-25-19)16-8-3-4-9-17(16)20/h2-9,11-13,24H,1,10H2. The highest BCUT2D eigenvalue weighted by Crippen LogP contribution is 2.23. The molecular formula is C19H16FN3OS. The van der Waals surface area contributed by atoms with Crippen LogP contribution in [0.4, 0.5) is 4.39 Å². The molecule has 2 aromatic carbocycles. The Morgan fingerprint density at radius 2 is 2.04 bits per heavy atom. The maximum absolute atomic E-state index is 14.2. The van der Waals surface area contributed by atoms with Crippen LogP contribution in [0.15, 0.2) is 76.7 Å². The summed E-state index contributed by atoms with van der Waals surface area (Å²) in [4.78, 5) is 5.04. The molecule has 0 atom stereocenters. The predicted octanol–water partition coefficient (Wildman–Crippen LogP) is 4.03. The van der Waals surface area contributed by atoms with Crippen LogP contribution in [0.5, 0.6) is 5.75 Å². The van der Waals surface area contributed by atoms with Gasteiger partial charge < -0.3 is 5.11 Å². The van der Waals surface area contributed by atoms with Crippen molar-refractivity contribution in [3.8, 4) is 17.0 Å². The van der Waals surface area contributed by atoms with Crippen LogP contribution in [0.3, 0.4) is 0 Å². The van der Waals surface area contributed by atoms with Gasteiger partial charge in [0.05, 0.1) is 18.5 Å². The van der Waals surface area contributed by atoms with Crippen molar-refractivity contribution < 1.29 is 9.50 Å². The van der Waals surface area contributed by atoms with E-state index in [0.29, 0.717) is 22.6 Å². The average molecular weight is 353 g/mol. The van der Waals surface area contributed by atoms with Crippen LogP contribution in [-0.4, -0.2) is 22.5 Å². The first-order chi connectivity index (χ1) is 12.2. The van der Waals surface area contributed by atoms with Crippen LogP contribution in [0.1, 0.15) is 5.56 Å². The van der Waals surface area contributed by atoms with Gasteiger partial charge in [-0.15, -0.1) is 17.9 Å². The molecule has 0 saturated heterocycles. The highest BCUT2D eigenvalue weighted by atomic mass is 32.1. The molecule has 0 spiro atoms. The van der Waals surface area contributed by atoms with Gasteiger partial charge in [0.2, 0.25) is 4.80 Å². The number of hydrogen-bond donors (Lipinski definition) is 1. The third kappa shape index (κ3) is 3.92. The highest BCUT2D eigenvalue weighted by Gasteiger charge is 2.11. The van der Waals surface area contributed by atoms with Gasteiger partial charge in [-0.05, 0) is 29.8 Å². The number of phenolic OH excluding ortho intramolecular Hbond substituents is 1. The van der Waals surface area contributed by atoms with E-state index in [0.717, 1.165) is 5.56 Å². The fourth-order valence-corrected chi connectivity index (χ4v) is 3.08. The van der Waals surface area contributed by atoms with Crippen LogP contribution in [0.25, 0.3) is 11.3 Å². The topological polar surface area (TPSA) is 49.9 Å². The van der Waals surface area contributed by atoms with Crippen LogP contribution in [0.2, 0.25) is 0 Å². The Kier molecular flexibility index (Phi) is 5.20. The number of nitrogens with zero attached hydrogens (tertiary/aromatic N) is 3. The third-order valence-electron chi connectivity index (χ3n) is 3.38. The van der Waals surface area contributed by atoms with Crippen LogP contribution in [-0.2, 0) is 0 Å². The van der Waals surface area contributed by atoms with Crippen molar-refractivity contribution in [3.05, 3.63) is 82.7 Å². The van der Waals surface area contributed by atoms with Gasteiger partial charge >= 0.3 is 0 Å². The lowest BCUT2D eigenvalue weighted by Crippen LogP contribution is -2.12. The molecule has 0 radical (unpaired) electrons. The molecule has 1 aromatic heterocycles. The summed E-state index contributed by atoms with van der Waals surface area (Å²) in [6.45, 7) is 4.11. The van der Waals surface area contributed by atoms with Crippen molar-refractivity contribution in [2.24, 2.45) is 10.1 Å². The van der Waals surface area contributed by atoms with Gasteiger partial charge in [0.25, 0.3) is 0 Å². The lowest BCUT2D eigenvalue weighted by Gasteiger charge is -2.04. The first kappa shape index (κ1) is 16.9. The second-order valence-electron chi connectivity index (χ2n) is 5.16. The minimum atomic E-state index is -0.322. The van der Waals surface area contributed by atoms with E-state index >= 15 is 0 Å². The normalized spacial score (nSPS) is 12.0. The number of benzene rings is 2. The summed E-state index contributed by atoms with van der Waals surface area (Å²) >= 11 is 1.38. The van der Waals surface area contributed by atoms with Crippen molar-refractivity contribution in [2.45, 2.75) is 0 Å². The molecule has 0 amide bonds. The Balaban J connectivity index is 2.11. The quantitative estimate of drug-likeness (QED) is 0.546. The van der Waals surface area contributed by atoms with E-state index < -0.39 is 0 Å². The first-order valence-electron chi connectivity index (χ1n) is 7.59. The zero-order chi connectivity index (χ0) is 17.6. The van der Waals surface area contributed by atoms with E-state index in [-0.39, 0.29) is 11.6 Å². The van der Waals surface area contributed by atoms with Crippen LogP contribution >= 0.6 is 11.3 Å². The number of thiazole rings is 1. The number of rotatable bonds is 5. The molecule has 1 N–H and O–H groups in total. The average Bonchev–Trinajstić information content (AvgIpc) is 3.01. The van der Waals surface area contributed by atoms with E-state index in [1.54, 1.807) is 53.4 Å². The molecule has 4 nitrogen and oxygen atoms in total. The molecule has 0 aliphatic carbocycles. The van der Waals surface area contributed by atoms with E-state index in [9.17, 15) is 9.50 Å². The van der Waals surface area contributed by atoms with Crippen molar-refractivity contribution >= 4 is 17.6 Å². The zero-order valence-electron chi connectivity index (χ0n) is 13.3. The predicted molar refractivity (Wildman–Crippen MR) is 99.4 cm³/mol. The minimum absolute atomic E-state index is 0.158. The summed E-state index contributed by atoms with van der Waals surface area (Å²) in [5.74, 6) is -0.165. The SMILES string of the molecule is C=CCN=c1scc(-c2ccccc2F)n1N=Cc1cccc(O)c1. The zero-order valence-corrected chi connectivity index (χ0v) is 14.2. The van der Waals surface area contributed by atoms with Gasteiger partial charge in [0.15, 0.2) is 0 Å². The summed E-state index contributed by atoms with van der Waals surface area (Å²) in [5, 5.41) is 15.8. The van der Waals surface area contributed by atoms with Crippen LogP contribution < -0.4 is 4.80 Å². The molecule has 126 valence electrons. The number of halogens is 1. The van der Waals surface area contributed by atoms with E-state index in [4.69, 9.17) is 0 Å². The summed E-state index contributed by atoms with van der Waals surface area (Å²) in [5.41, 5.74) is 1.79. The van der Waals surface area contributed by atoms with E-state index in [1.807, 2.05) is 11.4 Å². The van der Waals surface area contributed by atoms with E-state index in [2.05, 4.69) is 16.7 Å². The number of aromatic nitrogens is 1. The van der Waals surface area contributed by atoms with Gasteiger partial charge in [0.1, 0.15) is 11.6 Å². The Morgan fingerprint density at radius 3 is 2.80 bits per heavy atom. The van der Waals surface area contributed by atoms with Gasteiger partial charge in [-0.2, -0.15) is 5.10 Å². The Hall–Kier alpha value is -2.99. The molecule has 6 heteroatoms. The summed E-state index contributed by atoms with van der Waals surface area (Å²) in [6.07, 6.45) is 3.29. The van der Waals surface area contributed by atoms with Gasteiger partial charge in [-0.25, -0.2) is 9.07 Å². The molecular weight excluding hydrogens is 337 g/mol. The summed E-state index contributed by atoms with van der Waals surface area (Å²) in [7, 11) is 0. The van der Waals surface area contributed by atoms with Crippen molar-refractivity contribution in [1.29, 1.82) is 0 Å². The molecule has 0 saturated carbocycles. The van der Waals surface area contributed by atoms with Crippen molar-refractivity contribution in [2.75, 3.05) is 6.54 Å². The molecule has 0 unspecified atom stereocenters. The molecule has 3 aromatic rings. The van der Waals surface area contributed by atoms with E-state index in [1.165, 1.54) is 17.4 Å². The largest absolute Gasteiger partial charge is 0.508 e. The Morgan fingerprint density at radius 1 is 1.20 bits per heavy atom. The third-order valence-corrected chi connectivity index (χ3v) is 4.24. The van der Waals surface area contributed by atoms with Gasteiger partial charge in [0, 0.05) is 10.9 Å². The molecule has 0 aliphatic heterocycles. The maximum atomic E-state index is 14.2. The molecule has 1 heterocycles. The van der Waals surface area contributed by atoms with Gasteiger partial charge in [-0.1, -0.05) is 30.3 Å². The number of hydrogen-bond acceptors (Lipinski definition) is 4. The Labute approximate surface area is 148 Å². The molecule has 0 fully saturated rings. The lowest BCUT2D eigenvalue weighted by molar-refractivity contribution is 0.475. The molecule has 0 bridgehead atoms. The number of aromatic hydroxyl groups is 1. The highest BCUT2D eigenvalue weighted by molar-refractivity contribution is 7.07. The fourth-order valence-electron chi connectivity index (χ4n) is 2.25. The summed E-state index contributed by atoms with van der Waals surface area (Å²) < 4.78 is 15.8. The molecule has 3 rings (SSSR count). The van der Waals surface area contributed by atoms with Crippen molar-refractivity contribution in [1.82, 2.24) is 4.68 Å². The Bertz CT molecular complexity index is 988. The second kappa shape index (κ2) is 7.72. The van der Waals surface area contributed by atoms with Crippen molar-refractivity contribution in [3.63, 3.8) is 0 Å².